The Morgan fingerprint density at radius 1 is 1.12 bits per heavy atom. The first kappa shape index (κ1) is 12.7. The fraction of sp³-hybridized carbons (Fsp3) is 0.600. The smallest absolute Gasteiger partial charge is 0.399 e. The van der Waals surface area contributed by atoms with Crippen molar-refractivity contribution in [1.29, 1.82) is 0 Å². The molecule has 0 bridgehead atoms. The van der Waals surface area contributed by atoms with Crippen LogP contribution in [0.5, 0.6) is 0 Å². The van der Waals surface area contributed by atoms with E-state index in [2.05, 4.69) is 0 Å². The first-order chi connectivity index (χ1) is 7.23. The van der Waals surface area contributed by atoms with E-state index in [0.29, 0.717) is 8.67 Å². The van der Waals surface area contributed by atoms with E-state index in [1.165, 1.54) is 11.3 Å². The Hall–Kier alpha value is 0.265. The summed E-state index contributed by atoms with van der Waals surface area (Å²) in [5, 5.41) is 0. The molecule has 0 saturated carbocycles. The minimum absolute atomic E-state index is 0.352. The summed E-state index contributed by atoms with van der Waals surface area (Å²) in [4.78, 5) is 0. The van der Waals surface area contributed by atoms with E-state index in [0.717, 1.165) is 5.46 Å². The van der Waals surface area contributed by atoms with Crippen LogP contribution in [0.1, 0.15) is 27.7 Å². The topological polar surface area (TPSA) is 18.5 Å². The molecule has 0 N–H and O–H groups in total. The number of halogens is 2. The van der Waals surface area contributed by atoms with Crippen LogP contribution in [-0.2, 0) is 9.31 Å². The van der Waals surface area contributed by atoms with Gasteiger partial charge in [0, 0.05) is 5.46 Å². The van der Waals surface area contributed by atoms with Crippen LogP contribution >= 0.6 is 34.5 Å². The van der Waals surface area contributed by atoms with Crippen molar-refractivity contribution < 1.29 is 9.31 Å². The van der Waals surface area contributed by atoms with E-state index in [-0.39, 0.29) is 11.2 Å². The van der Waals surface area contributed by atoms with Crippen LogP contribution in [0.2, 0.25) is 8.67 Å². The average Bonchev–Trinajstić information content (AvgIpc) is 2.51. The number of rotatable bonds is 1. The van der Waals surface area contributed by atoms with Gasteiger partial charge in [-0.05, 0) is 33.8 Å². The molecule has 0 atom stereocenters. The molecular weight excluding hydrogens is 266 g/mol. The van der Waals surface area contributed by atoms with Gasteiger partial charge in [0.1, 0.15) is 0 Å². The number of hydrogen-bond acceptors (Lipinski definition) is 3. The molecule has 1 aliphatic heterocycles. The lowest BCUT2D eigenvalue weighted by Gasteiger charge is -2.32. The van der Waals surface area contributed by atoms with Gasteiger partial charge in [-0.3, -0.25) is 0 Å². The maximum Gasteiger partial charge on any atom is 0.497 e. The Morgan fingerprint density at radius 3 is 2.00 bits per heavy atom. The maximum absolute atomic E-state index is 6.09. The number of hydrogen-bond donors (Lipinski definition) is 0. The zero-order valence-electron chi connectivity index (χ0n) is 9.64. The predicted molar refractivity (Wildman–Crippen MR) is 70.1 cm³/mol. The molecule has 0 spiro atoms. The van der Waals surface area contributed by atoms with E-state index >= 15 is 0 Å². The van der Waals surface area contributed by atoms with Crippen molar-refractivity contribution in [2.24, 2.45) is 0 Å². The third-order valence-electron chi connectivity index (χ3n) is 3.19. The first-order valence-corrected chi connectivity index (χ1v) is 6.60. The molecule has 0 amide bonds. The van der Waals surface area contributed by atoms with E-state index in [9.17, 15) is 0 Å². The molecule has 1 saturated heterocycles. The fourth-order valence-electron chi connectivity index (χ4n) is 1.48. The molecular formula is C10H13BCl2O2S. The normalized spacial score (nSPS) is 22.8. The third kappa shape index (κ3) is 2.02. The van der Waals surface area contributed by atoms with Crippen molar-refractivity contribution in [2.75, 3.05) is 0 Å². The van der Waals surface area contributed by atoms with E-state index in [1.807, 2.05) is 27.7 Å². The van der Waals surface area contributed by atoms with Crippen LogP contribution < -0.4 is 5.46 Å². The highest BCUT2D eigenvalue weighted by Crippen LogP contribution is 2.38. The van der Waals surface area contributed by atoms with Crippen LogP contribution in [-0.4, -0.2) is 18.3 Å². The molecule has 1 aromatic heterocycles. The molecule has 1 aromatic rings. The van der Waals surface area contributed by atoms with Crippen LogP contribution in [0.4, 0.5) is 0 Å². The summed E-state index contributed by atoms with van der Waals surface area (Å²) >= 11 is 13.3. The Morgan fingerprint density at radius 2 is 1.62 bits per heavy atom. The first-order valence-electron chi connectivity index (χ1n) is 5.03. The van der Waals surface area contributed by atoms with Crippen LogP contribution in [0.25, 0.3) is 0 Å². The van der Waals surface area contributed by atoms with Gasteiger partial charge >= 0.3 is 7.12 Å². The Labute approximate surface area is 110 Å². The Kier molecular flexibility index (Phi) is 3.09. The average molecular weight is 279 g/mol. The second kappa shape index (κ2) is 3.89. The van der Waals surface area contributed by atoms with Crippen molar-refractivity contribution in [2.45, 2.75) is 38.9 Å². The molecule has 0 radical (unpaired) electrons. The summed E-state index contributed by atoms with van der Waals surface area (Å²) in [6, 6.07) is 1.80. The Bertz CT molecular complexity index is 401. The number of thiophene rings is 1. The molecule has 2 nitrogen and oxygen atoms in total. The van der Waals surface area contributed by atoms with Gasteiger partial charge in [-0.2, -0.15) is 0 Å². The lowest BCUT2D eigenvalue weighted by molar-refractivity contribution is 0.00578. The van der Waals surface area contributed by atoms with Gasteiger partial charge < -0.3 is 9.31 Å². The zero-order valence-corrected chi connectivity index (χ0v) is 12.0. The SMILES string of the molecule is CC1(C)OB(c2cc(Cl)sc2Cl)OC1(C)C. The molecule has 0 unspecified atom stereocenters. The van der Waals surface area contributed by atoms with Gasteiger partial charge in [-0.15, -0.1) is 11.3 Å². The van der Waals surface area contributed by atoms with Crippen LogP contribution in [0.3, 0.4) is 0 Å². The molecule has 16 heavy (non-hydrogen) atoms. The molecule has 2 heterocycles. The molecule has 0 aromatic carbocycles. The second-order valence-corrected chi connectivity index (χ2v) is 7.15. The minimum atomic E-state index is -0.429. The molecule has 0 aliphatic carbocycles. The molecule has 1 aliphatic rings. The van der Waals surface area contributed by atoms with Crippen molar-refractivity contribution in [3.63, 3.8) is 0 Å². The summed E-state index contributed by atoms with van der Waals surface area (Å²) < 4.78 is 13.0. The van der Waals surface area contributed by atoms with Gasteiger partial charge in [-0.1, -0.05) is 23.2 Å². The minimum Gasteiger partial charge on any atom is -0.399 e. The standard InChI is InChI=1S/C10H13BCl2O2S/c1-9(2)10(3,4)15-11(14-9)6-5-7(12)16-8(6)13/h5H,1-4H3. The molecule has 6 heteroatoms. The largest absolute Gasteiger partial charge is 0.497 e. The molecule has 2 rings (SSSR count). The zero-order chi connectivity index (χ0) is 12.1. The summed E-state index contributed by atoms with van der Waals surface area (Å²) in [7, 11) is -0.429. The van der Waals surface area contributed by atoms with Crippen molar-refractivity contribution in [1.82, 2.24) is 0 Å². The fourth-order valence-corrected chi connectivity index (χ4v) is 2.97. The van der Waals surface area contributed by atoms with Gasteiger partial charge in [0.05, 0.1) is 19.9 Å². The third-order valence-corrected chi connectivity index (χ3v) is 4.71. The summed E-state index contributed by atoms with van der Waals surface area (Å²) in [5.41, 5.74) is 0.112. The van der Waals surface area contributed by atoms with E-state index in [4.69, 9.17) is 32.5 Å². The summed E-state index contributed by atoms with van der Waals surface area (Å²) in [6.45, 7) is 8.04. The quantitative estimate of drug-likeness (QED) is 0.734. The predicted octanol–water partition coefficient (Wildman–Crippen LogP) is 3.35. The lowest BCUT2D eigenvalue weighted by atomic mass is 9.81. The molecule has 1 fully saturated rings. The van der Waals surface area contributed by atoms with Crippen LogP contribution in [0, 0.1) is 0 Å². The van der Waals surface area contributed by atoms with E-state index in [1.54, 1.807) is 6.07 Å². The van der Waals surface area contributed by atoms with Gasteiger partial charge in [-0.25, -0.2) is 0 Å². The highest BCUT2D eigenvalue weighted by Gasteiger charge is 2.52. The summed E-state index contributed by atoms with van der Waals surface area (Å²) in [5.74, 6) is 0. The highest BCUT2D eigenvalue weighted by atomic mass is 35.5. The molecule has 88 valence electrons. The van der Waals surface area contributed by atoms with Gasteiger partial charge in [0.15, 0.2) is 0 Å². The van der Waals surface area contributed by atoms with Crippen molar-refractivity contribution in [3.05, 3.63) is 14.7 Å². The van der Waals surface area contributed by atoms with Crippen LogP contribution in [0.15, 0.2) is 6.07 Å². The summed E-state index contributed by atoms with van der Waals surface area (Å²) in [6.07, 6.45) is 0. The highest BCUT2D eigenvalue weighted by molar-refractivity contribution is 7.21. The van der Waals surface area contributed by atoms with Crippen molar-refractivity contribution in [3.8, 4) is 0 Å². The van der Waals surface area contributed by atoms with Crippen molar-refractivity contribution >= 4 is 47.1 Å². The van der Waals surface area contributed by atoms with E-state index < -0.39 is 7.12 Å². The lowest BCUT2D eigenvalue weighted by Crippen LogP contribution is -2.41. The second-order valence-electron chi connectivity index (χ2n) is 4.87. The Balaban J connectivity index is 2.30. The van der Waals surface area contributed by atoms with Gasteiger partial charge in [0.2, 0.25) is 0 Å². The monoisotopic (exact) mass is 278 g/mol. The van der Waals surface area contributed by atoms with Gasteiger partial charge in [0.25, 0.3) is 0 Å². The maximum atomic E-state index is 6.09.